The van der Waals surface area contributed by atoms with Crippen LogP contribution in [-0.2, 0) is 0 Å². The van der Waals surface area contributed by atoms with Gasteiger partial charge in [0.05, 0.1) is 11.1 Å². The molecule has 2 fully saturated rings. The predicted octanol–water partition coefficient (Wildman–Crippen LogP) is 3.25. The van der Waals surface area contributed by atoms with Crippen molar-refractivity contribution in [3.05, 3.63) is 40.8 Å². The van der Waals surface area contributed by atoms with Crippen molar-refractivity contribution in [1.82, 2.24) is 15.0 Å². The van der Waals surface area contributed by atoms with Gasteiger partial charge in [-0.2, -0.15) is 0 Å². The lowest BCUT2D eigenvalue weighted by molar-refractivity contribution is 0.387. The Bertz CT molecular complexity index is 712. The van der Waals surface area contributed by atoms with E-state index < -0.39 is 0 Å². The number of rotatable bonds is 2. The molecular formula is C18H22ClN5. The molecule has 24 heavy (non-hydrogen) atoms. The van der Waals surface area contributed by atoms with Gasteiger partial charge in [0.1, 0.15) is 5.82 Å². The van der Waals surface area contributed by atoms with Gasteiger partial charge >= 0.3 is 0 Å². The second kappa shape index (κ2) is 6.20. The maximum atomic E-state index is 5.97. The molecule has 126 valence electrons. The molecule has 2 aliphatic heterocycles. The summed E-state index contributed by atoms with van der Waals surface area (Å²) < 4.78 is 0. The third-order valence-electron chi connectivity index (χ3n) is 5.13. The molecular weight excluding hydrogens is 322 g/mol. The van der Waals surface area contributed by atoms with Gasteiger partial charge < -0.3 is 9.80 Å². The lowest BCUT2D eigenvalue weighted by Gasteiger charge is -2.39. The minimum Gasteiger partial charge on any atom is -0.355 e. The molecule has 0 amide bonds. The summed E-state index contributed by atoms with van der Waals surface area (Å²) in [6, 6.07) is 6.41. The molecule has 0 aliphatic carbocycles. The van der Waals surface area contributed by atoms with Crippen LogP contribution < -0.4 is 9.80 Å². The highest BCUT2D eigenvalue weighted by Gasteiger charge is 2.39. The molecule has 0 spiro atoms. The van der Waals surface area contributed by atoms with Crippen molar-refractivity contribution in [2.75, 3.05) is 29.4 Å². The quantitative estimate of drug-likeness (QED) is 0.837. The van der Waals surface area contributed by atoms with Crippen molar-refractivity contribution in [3.8, 4) is 0 Å². The van der Waals surface area contributed by atoms with Crippen molar-refractivity contribution in [2.24, 2.45) is 5.92 Å². The van der Waals surface area contributed by atoms with Gasteiger partial charge in [0.15, 0.2) is 0 Å². The van der Waals surface area contributed by atoms with Crippen LogP contribution in [0.2, 0.25) is 5.02 Å². The first kappa shape index (κ1) is 15.6. The Kier molecular flexibility index (Phi) is 4.04. The van der Waals surface area contributed by atoms with Crippen LogP contribution in [0.25, 0.3) is 0 Å². The second-order valence-electron chi connectivity index (χ2n) is 6.83. The molecule has 2 atom stereocenters. The Morgan fingerprint density at radius 1 is 1.08 bits per heavy atom. The lowest BCUT2D eigenvalue weighted by atomic mass is 9.92. The van der Waals surface area contributed by atoms with E-state index in [-0.39, 0.29) is 0 Å². The molecule has 0 N–H and O–H groups in total. The highest BCUT2D eigenvalue weighted by molar-refractivity contribution is 6.30. The van der Waals surface area contributed by atoms with E-state index in [1.165, 1.54) is 12.8 Å². The fourth-order valence-corrected chi connectivity index (χ4v) is 4.10. The van der Waals surface area contributed by atoms with Gasteiger partial charge in [-0.05, 0) is 50.8 Å². The Balaban J connectivity index is 1.58. The van der Waals surface area contributed by atoms with Gasteiger partial charge in [-0.3, -0.25) is 0 Å². The van der Waals surface area contributed by atoms with E-state index >= 15 is 0 Å². The van der Waals surface area contributed by atoms with Gasteiger partial charge in [-0.15, -0.1) is 0 Å². The van der Waals surface area contributed by atoms with Crippen LogP contribution in [0.1, 0.15) is 24.2 Å². The summed E-state index contributed by atoms with van der Waals surface area (Å²) in [5.41, 5.74) is 2.07. The first-order valence-electron chi connectivity index (χ1n) is 8.55. The number of hydrogen-bond donors (Lipinski definition) is 0. The topological polar surface area (TPSA) is 45.2 Å². The molecule has 0 radical (unpaired) electrons. The zero-order valence-electron chi connectivity index (χ0n) is 14.1. The first-order chi connectivity index (χ1) is 11.6. The summed E-state index contributed by atoms with van der Waals surface area (Å²) in [5.74, 6) is 2.61. The van der Waals surface area contributed by atoms with E-state index in [0.29, 0.717) is 11.1 Å². The van der Waals surface area contributed by atoms with E-state index in [1.54, 1.807) is 6.20 Å². The van der Waals surface area contributed by atoms with E-state index in [4.69, 9.17) is 11.6 Å². The Hall–Kier alpha value is -1.88. The highest BCUT2D eigenvalue weighted by atomic mass is 35.5. The summed E-state index contributed by atoms with van der Waals surface area (Å²) in [6.07, 6.45) is 4.14. The maximum absolute atomic E-state index is 5.97. The third kappa shape index (κ3) is 2.93. The predicted molar refractivity (Wildman–Crippen MR) is 96.8 cm³/mol. The molecule has 2 aromatic rings. The van der Waals surface area contributed by atoms with Crippen LogP contribution in [0.15, 0.2) is 24.4 Å². The number of hydrogen-bond acceptors (Lipinski definition) is 5. The van der Waals surface area contributed by atoms with Gasteiger partial charge in [-0.1, -0.05) is 11.6 Å². The van der Waals surface area contributed by atoms with Crippen LogP contribution >= 0.6 is 11.6 Å². The molecule has 2 saturated heterocycles. The number of pyridine rings is 1. The molecule has 0 saturated carbocycles. The Morgan fingerprint density at radius 2 is 1.83 bits per heavy atom. The third-order valence-corrected chi connectivity index (χ3v) is 5.35. The molecule has 2 aliphatic rings. The molecule has 5 nitrogen and oxygen atoms in total. The smallest absolute Gasteiger partial charge is 0.226 e. The van der Waals surface area contributed by atoms with E-state index in [1.807, 2.05) is 32.0 Å². The average Bonchev–Trinajstić information content (AvgIpc) is 2.97. The van der Waals surface area contributed by atoms with Gasteiger partial charge in [-0.25, -0.2) is 15.0 Å². The van der Waals surface area contributed by atoms with Crippen molar-refractivity contribution < 1.29 is 0 Å². The van der Waals surface area contributed by atoms with E-state index in [9.17, 15) is 0 Å². The molecule has 6 heteroatoms. The van der Waals surface area contributed by atoms with E-state index in [0.717, 1.165) is 48.7 Å². The van der Waals surface area contributed by atoms with Crippen LogP contribution in [0.5, 0.6) is 0 Å². The molecule has 0 bridgehead atoms. The first-order valence-corrected chi connectivity index (χ1v) is 8.93. The summed E-state index contributed by atoms with van der Waals surface area (Å²) in [7, 11) is 0. The fraction of sp³-hybridized carbons (Fsp3) is 0.500. The monoisotopic (exact) mass is 343 g/mol. The minimum atomic E-state index is 0.456. The maximum Gasteiger partial charge on any atom is 0.226 e. The summed E-state index contributed by atoms with van der Waals surface area (Å²) in [6.45, 7) is 7.14. The van der Waals surface area contributed by atoms with Crippen LogP contribution in [0.3, 0.4) is 0 Å². The molecule has 2 aromatic heterocycles. The largest absolute Gasteiger partial charge is 0.355 e. The standard InChI is InChI=1S/C18H22ClN5/c1-12-9-13(2)22-18(21-12)24-8-6-14-5-7-23(11-16(14)24)17-4-3-15(19)10-20-17/h3-4,9-10,14,16H,5-8,11H2,1-2H3. The van der Waals surface area contributed by atoms with E-state index in [2.05, 4.69) is 24.8 Å². The van der Waals surface area contributed by atoms with Gasteiger partial charge in [0.25, 0.3) is 0 Å². The summed E-state index contributed by atoms with van der Waals surface area (Å²) in [4.78, 5) is 18.6. The van der Waals surface area contributed by atoms with Gasteiger partial charge in [0.2, 0.25) is 5.95 Å². The zero-order chi connectivity index (χ0) is 16.7. The molecule has 4 rings (SSSR count). The normalized spacial score (nSPS) is 23.5. The average molecular weight is 344 g/mol. The number of aryl methyl sites for hydroxylation is 2. The van der Waals surface area contributed by atoms with Crippen molar-refractivity contribution in [2.45, 2.75) is 32.7 Å². The van der Waals surface area contributed by atoms with Crippen molar-refractivity contribution in [3.63, 3.8) is 0 Å². The lowest BCUT2D eigenvalue weighted by Crippen LogP contribution is -2.49. The van der Waals surface area contributed by atoms with Crippen LogP contribution in [0, 0.1) is 19.8 Å². The minimum absolute atomic E-state index is 0.456. The fourth-order valence-electron chi connectivity index (χ4n) is 3.99. The number of halogens is 1. The second-order valence-corrected chi connectivity index (χ2v) is 7.27. The highest BCUT2D eigenvalue weighted by Crippen LogP contribution is 2.35. The van der Waals surface area contributed by atoms with Crippen molar-refractivity contribution >= 4 is 23.4 Å². The zero-order valence-corrected chi connectivity index (χ0v) is 14.9. The van der Waals surface area contributed by atoms with Gasteiger partial charge in [0, 0.05) is 37.2 Å². The number of fused-ring (bicyclic) bond motifs is 1. The molecule has 2 unspecified atom stereocenters. The number of piperidine rings is 1. The SMILES string of the molecule is Cc1cc(C)nc(N2CCC3CCN(c4ccc(Cl)cn4)CC32)n1. The summed E-state index contributed by atoms with van der Waals surface area (Å²) in [5, 5.41) is 0.680. The van der Waals surface area contributed by atoms with Crippen LogP contribution in [0.4, 0.5) is 11.8 Å². The number of aromatic nitrogens is 3. The Labute approximate surface area is 147 Å². The molecule has 0 aromatic carbocycles. The molecule has 4 heterocycles. The number of anilines is 2. The van der Waals surface area contributed by atoms with Crippen molar-refractivity contribution in [1.29, 1.82) is 0 Å². The Morgan fingerprint density at radius 3 is 2.54 bits per heavy atom. The van der Waals surface area contributed by atoms with Crippen LogP contribution in [-0.4, -0.2) is 40.6 Å². The number of nitrogens with zero attached hydrogens (tertiary/aromatic N) is 5. The summed E-state index contributed by atoms with van der Waals surface area (Å²) >= 11 is 5.97.